The number of halogens is 3. The van der Waals surface area contributed by atoms with Gasteiger partial charge in [-0.3, -0.25) is 4.98 Å². The number of rotatable bonds is 5. The summed E-state index contributed by atoms with van der Waals surface area (Å²) >= 11 is 0. The van der Waals surface area contributed by atoms with Crippen molar-refractivity contribution < 1.29 is 32.1 Å². The maximum atomic E-state index is 12.9. The molecule has 0 spiro atoms. The van der Waals surface area contributed by atoms with E-state index in [0.717, 1.165) is 0 Å². The van der Waals surface area contributed by atoms with Crippen LogP contribution < -0.4 is 10.6 Å². The molecule has 8 nitrogen and oxygen atoms in total. The number of aromatic nitrogens is 2. The Kier molecular flexibility index (Phi) is 5.23. The second kappa shape index (κ2) is 7.31. The van der Waals surface area contributed by atoms with E-state index in [-0.39, 0.29) is 30.2 Å². The minimum atomic E-state index is -4.57. The first-order chi connectivity index (χ1) is 13.5. The molecule has 1 aromatic heterocycles. The van der Waals surface area contributed by atoms with Crippen LogP contribution in [0.15, 0.2) is 12.4 Å². The zero-order valence-electron chi connectivity index (χ0n) is 16.5. The summed E-state index contributed by atoms with van der Waals surface area (Å²) < 4.78 is 62.1. The van der Waals surface area contributed by atoms with E-state index in [2.05, 4.69) is 27.5 Å². The summed E-state index contributed by atoms with van der Waals surface area (Å²) in [5, 5.41) is 6.41. The van der Waals surface area contributed by atoms with Crippen LogP contribution in [0.4, 0.5) is 19.0 Å². The molecule has 11 heteroatoms. The van der Waals surface area contributed by atoms with Crippen molar-refractivity contribution in [2.24, 2.45) is 0 Å². The summed E-state index contributed by atoms with van der Waals surface area (Å²) in [6, 6.07) is -0.432. The van der Waals surface area contributed by atoms with Crippen LogP contribution in [0.1, 0.15) is 26.5 Å². The quantitative estimate of drug-likeness (QED) is 0.746. The van der Waals surface area contributed by atoms with Crippen molar-refractivity contribution in [3.63, 3.8) is 0 Å². The number of hydrogen-bond acceptors (Lipinski definition) is 8. The normalized spacial score (nSPS) is 33.0. The standard InChI is InChI=1S/C18H25F3N4O4/c1-16(2)28-14-10(24-13-6-22-5-12(25-13)18(19,20)21)7-27-11(15(14)29-16)4-23-17(3)8-26-9-17/h5-6,10-11,14-15,23H,4,7-9H2,1-3H3,(H,24,25)/t10?,11-,14-,15+/m1/s1. The van der Waals surface area contributed by atoms with E-state index >= 15 is 0 Å². The minimum absolute atomic E-state index is 0.0104. The molecule has 0 saturated carbocycles. The predicted octanol–water partition coefficient (Wildman–Crippen LogP) is 1.57. The highest BCUT2D eigenvalue weighted by molar-refractivity contribution is 5.35. The van der Waals surface area contributed by atoms with Crippen LogP contribution in [-0.4, -0.2) is 72.0 Å². The molecule has 4 atom stereocenters. The molecule has 3 fully saturated rings. The van der Waals surface area contributed by atoms with E-state index < -0.39 is 29.8 Å². The average Bonchev–Trinajstić information content (AvgIpc) is 2.94. The monoisotopic (exact) mass is 418 g/mol. The number of fused-ring (bicyclic) bond motifs is 1. The van der Waals surface area contributed by atoms with E-state index in [1.165, 1.54) is 6.20 Å². The van der Waals surface area contributed by atoms with Gasteiger partial charge in [-0.25, -0.2) is 4.98 Å². The maximum Gasteiger partial charge on any atom is 0.434 e. The molecule has 1 aromatic rings. The van der Waals surface area contributed by atoms with Crippen LogP contribution in [-0.2, 0) is 25.1 Å². The summed E-state index contributed by atoms with van der Waals surface area (Å²) in [7, 11) is 0. The van der Waals surface area contributed by atoms with Crippen LogP contribution in [0.25, 0.3) is 0 Å². The van der Waals surface area contributed by atoms with Crippen molar-refractivity contribution in [3.8, 4) is 0 Å². The van der Waals surface area contributed by atoms with Crippen LogP contribution >= 0.6 is 0 Å². The van der Waals surface area contributed by atoms with Gasteiger partial charge in [0.25, 0.3) is 0 Å². The van der Waals surface area contributed by atoms with Crippen molar-refractivity contribution in [1.82, 2.24) is 15.3 Å². The molecule has 0 amide bonds. The number of alkyl halides is 3. The van der Waals surface area contributed by atoms with Crippen LogP contribution in [0.3, 0.4) is 0 Å². The van der Waals surface area contributed by atoms with Crippen LogP contribution in [0, 0.1) is 0 Å². The van der Waals surface area contributed by atoms with Crippen LogP contribution in [0.5, 0.6) is 0 Å². The van der Waals surface area contributed by atoms with Gasteiger partial charge in [-0.05, 0) is 20.8 Å². The van der Waals surface area contributed by atoms with Crippen LogP contribution in [0.2, 0.25) is 0 Å². The number of hydrogen-bond donors (Lipinski definition) is 2. The van der Waals surface area contributed by atoms with Gasteiger partial charge < -0.3 is 29.6 Å². The lowest BCUT2D eigenvalue weighted by molar-refractivity contribution is -0.154. The Morgan fingerprint density at radius 3 is 2.52 bits per heavy atom. The van der Waals surface area contributed by atoms with Gasteiger partial charge in [-0.1, -0.05) is 0 Å². The Bertz CT molecular complexity index is 744. The maximum absolute atomic E-state index is 12.9. The number of ether oxygens (including phenoxy) is 4. The molecule has 3 aliphatic rings. The third-order valence-corrected chi connectivity index (χ3v) is 5.25. The minimum Gasteiger partial charge on any atom is -0.377 e. The van der Waals surface area contributed by atoms with E-state index in [9.17, 15) is 13.2 Å². The van der Waals surface area contributed by atoms with E-state index in [4.69, 9.17) is 18.9 Å². The Hall–Kier alpha value is -1.53. The van der Waals surface area contributed by atoms with Crippen molar-refractivity contribution in [2.45, 2.75) is 62.6 Å². The Morgan fingerprint density at radius 2 is 1.86 bits per heavy atom. The first-order valence-corrected chi connectivity index (χ1v) is 9.51. The van der Waals surface area contributed by atoms with Gasteiger partial charge in [-0.15, -0.1) is 0 Å². The topological polar surface area (TPSA) is 86.8 Å². The molecule has 0 radical (unpaired) electrons. The van der Waals surface area contributed by atoms with Gasteiger partial charge in [0.15, 0.2) is 11.5 Å². The van der Waals surface area contributed by atoms with E-state index in [1.807, 2.05) is 0 Å². The molecule has 0 aromatic carbocycles. The fourth-order valence-corrected chi connectivity index (χ4v) is 3.75. The lowest BCUT2D eigenvalue weighted by Crippen LogP contribution is -2.63. The molecule has 0 bridgehead atoms. The summed E-state index contributed by atoms with van der Waals surface area (Å²) in [5.41, 5.74) is -1.14. The number of nitrogens with one attached hydrogen (secondary N) is 2. The fourth-order valence-electron chi connectivity index (χ4n) is 3.75. The van der Waals surface area contributed by atoms with Crippen molar-refractivity contribution >= 4 is 5.82 Å². The summed E-state index contributed by atoms with van der Waals surface area (Å²) in [6.07, 6.45) is -3.68. The molecular weight excluding hydrogens is 393 g/mol. The molecular formula is C18H25F3N4O4. The zero-order chi connectivity index (χ0) is 20.9. The van der Waals surface area contributed by atoms with Gasteiger partial charge in [0.05, 0.1) is 49.9 Å². The molecule has 1 unspecified atom stereocenters. The van der Waals surface area contributed by atoms with Gasteiger partial charge in [0.1, 0.15) is 18.0 Å². The Morgan fingerprint density at radius 1 is 1.14 bits per heavy atom. The first-order valence-electron chi connectivity index (χ1n) is 9.51. The van der Waals surface area contributed by atoms with Gasteiger partial charge in [0, 0.05) is 6.54 Å². The molecule has 0 aliphatic carbocycles. The van der Waals surface area contributed by atoms with Gasteiger partial charge in [0.2, 0.25) is 0 Å². The molecule has 4 heterocycles. The molecule has 2 N–H and O–H groups in total. The Labute approximate surface area is 166 Å². The third-order valence-electron chi connectivity index (χ3n) is 5.25. The smallest absolute Gasteiger partial charge is 0.377 e. The molecule has 3 saturated heterocycles. The zero-order valence-corrected chi connectivity index (χ0v) is 16.5. The average molecular weight is 418 g/mol. The highest BCUT2D eigenvalue weighted by Gasteiger charge is 2.52. The first kappa shape index (κ1) is 20.7. The molecule has 4 rings (SSSR count). The predicted molar refractivity (Wildman–Crippen MR) is 95.2 cm³/mol. The lowest BCUT2D eigenvalue weighted by Gasteiger charge is -2.42. The highest BCUT2D eigenvalue weighted by Crippen LogP contribution is 2.36. The van der Waals surface area contributed by atoms with Crippen molar-refractivity contribution in [1.29, 1.82) is 0 Å². The van der Waals surface area contributed by atoms with Crippen molar-refractivity contribution in [2.75, 3.05) is 31.7 Å². The largest absolute Gasteiger partial charge is 0.434 e. The fraction of sp³-hybridized carbons (Fsp3) is 0.778. The molecule has 3 aliphatic heterocycles. The van der Waals surface area contributed by atoms with Gasteiger partial charge in [-0.2, -0.15) is 13.2 Å². The number of nitrogens with zero attached hydrogens (tertiary/aromatic N) is 2. The summed E-state index contributed by atoms with van der Waals surface area (Å²) in [5.74, 6) is -0.819. The van der Waals surface area contributed by atoms with Gasteiger partial charge >= 0.3 is 6.18 Å². The molecule has 29 heavy (non-hydrogen) atoms. The summed E-state index contributed by atoms with van der Waals surface area (Å²) in [4.78, 5) is 7.26. The van der Waals surface area contributed by atoms with E-state index in [0.29, 0.717) is 26.0 Å². The van der Waals surface area contributed by atoms with Crippen molar-refractivity contribution in [3.05, 3.63) is 18.1 Å². The highest BCUT2D eigenvalue weighted by atomic mass is 19.4. The second-order valence-corrected chi connectivity index (χ2v) is 8.41. The number of anilines is 1. The molecule has 162 valence electrons. The lowest BCUT2D eigenvalue weighted by atomic mass is 9.95. The SMILES string of the molecule is CC1(NC[C@H]2OCC(Nc3cncc(C(F)(F)F)n3)[C@H]3OC(C)(C)O[C@H]32)COC1. The third kappa shape index (κ3) is 4.48. The van der Waals surface area contributed by atoms with E-state index in [1.54, 1.807) is 13.8 Å². The Balaban J connectivity index is 1.46. The summed E-state index contributed by atoms with van der Waals surface area (Å²) in [6.45, 7) is 7.73. The second-order valence-electron chi connectivity index (χ2n) is 8.41.